The number of piperidine rings is 1. The number of amides is 1. The summed E-state index contributed by atoms with van der Waals surface area (Å²) in [6.45, 7) is 11.4. The maximum atomic E-state index is 15.1. The number of aromatic nitrogens is 2. The van der Waals surface area contributed by atoms with Gasteiger partial charge in [0.15, 0.2) is 6.10 Å². The molecule has 0 spiro atoms. The van der Waals surface area contributed by atoms with Crippen LogP contribution in [0.2, 0.25) is 25.7 Å². The van der Waals surface area contributed by atoms with E-state index in [-0.39, 0.29) is 36.3 Å². The van der Waals surface area contributed by atoms with Crippen LogP contribution < -0.4 is 15.0 Å². The zero-order chi connectivity index (χ0) is 27.6. The van der Waals surface area contributed by atoms with E-state index in [0.717, 1.165) is 10.9 Å². The van der Waals surface area contributed by atoms with Crippen molar-refractivity contribution in [2.45, 2.75) is 77.2 Å². The Morgan fingerprint density at radius 3 is 2.54 bits per heavy atom. The second-order valence-electron chi connectivity index (χ2n) is 11.4. The van der Waals surface area contributed by atoms with Gasteiger partial charge in [0, 0.05) is 39.8 Å². The number of alkyl halides is 2. The number of nitrogens with zero attached hydrogens (tertiary/aromatic N) is 3. The molecule has 12 heteroatoms. The maximum absolute atomic E-state index is 15.1. The van der Waals surface area contributed by atoms with E-state index in [2.05, 4.69) is 24.6 Å². The van der Waals surface area contributed by atoms with Gasteiger partial charge >= 0.3 is 12.0 Å². The molecule has 1 saturated heterocycles. The summed E-state index contributed by atoms with van der Waals surface area (Å²) in [4.78, 5) is 30.9. The summed E-state index contributed by atoms with van der Waals surface area (Å²) < 4.78 is 53.5. The van der Waals surface area contributed by atoms with Crippen LogP contribution in [0.3, 0.4) is 0 Å². The van der Waals surface area contributed by atoms with Crippen molar-refractivity contribution < 1.29 is 32.5 Å². The van der Waals surface area contributed by atoms with Crippen molar-refractivity contribution in [1.29, 1.82) is 0 Å². The van der Waals surface area contributed by atoms with E-state index in [1.807, 2.05) is 0 Å². The Bertz CT molecular complexity index is 1180. The average molecular weight is 542 g/mol. The molecule has 1 aliphatic rings. The van der Waals surface area contributed by atoms with E-state index >= 15 is 8.78 Å². The number of hydrogen-bond donors (Lipinski definition) is 0. The van der Waals surface area contributed by atoms with Crippen LogP contribution in [0.15, 0.2) is 23.3 Å². The summed E-state index contributed by atoms with van der Waals surface area (Å²) in [6, 6.07) is 3.88. The highest BCUT2D eigenvalue weighted by Gasteiger charge is 2.48. The van der Waals surface area contributed by atoms with E-state index in [4.69, 9.17) is 18.9 Å². The molecule has 1 aliphatic heterocycles. The first-order valence-electron chi connectivity index (χ1n) is 12.3. The quantitative estimate of drug-likeness (QED) is 0.352. The molecule has 9 nitrogen and oxygen atoms in total. The molecule has 0 aliphatic carbocycles. The van der Waals surface area contributed by atoms with Gasteiger partial charge in [-0.1, -0.05) is 19.6 Å². The standard InChI is InChI=1S/C25H37F2N3O6Si/c1-24(2,3)36-23(32)29-9-8-20(25(26,27)14-29)35-19-13-17(33-4)12-18-21(19)22(31)30(15-28-18)16-34-10-11-37(5,6)7/h12-13,15,20H,8-11,14,16H2,1-7H3. The molecule has 0 bridgehead atoms. The number of likely N-dealkylation sites (tertiary alicyclic amines) is 1. The van der Waals surface area contributed by atoms with Gasteiger partial charge in [-0.3, -0.25) is 9.36 Å². The average Bonchev–Trinajstić information content (AvgIpc) is 2.76. The first-order chi connectivity index (χ1) is 17.1. The van der Waals surface area contributed by atoms with Crippen LogP contribution in [0.4, 0.5) is 13.6 Å². The predicted octanol–water partition coefficient (Wildman–Crippen LogP) is 4.74. The zero-order valence-electron chi connectivity index (χ0n) is 22.6. The number of ether oxygens (including phenoxy) is 4. The zero-order valence-corrected chi connectivity index (χ0v) is 23.6. The summed E-state index contributed by atoms with van der Waals surface area (Å²) >= 11 is 0. The highest BCUT2D eigenvalue weighted by atomic mass is 28.3. The van der Waals surface area contributed by atoms with Crippen LogP contribution >= 0.6 is 0 Å². The fourth-order valence-electron chi connectivity index (χ4n) is 3.77. The van der Waals surface area contributed by atoms with Crippen molar-refractivity contribution in [3.05, 3.63) is 28.8 Å². The Morgan fingerprint density at radius 1 is 1.24 bits per heavy atom. The molecule has 37 heavy (non-hydrogen) atoms. The van der Waals surface area contributed by atoms with Crippen molar-refractivity contribution in [3.8, 4) is 11.5 Å². The highest BCUT2D eigenvalue weighted by molar-refractivity contribution is 6.76. The molecule has 206 valence electrons. The van der Waals surface area contributed by atoms with Gasteiger partial charge in [-0.15, -0.1) is 0 Å². The molecule has 1 atom stereocenters. The minimum absolute atomic E-state index is 0.0117. The number of hydrogen-bond acceptors (Lipinski definition) is 7. The number of carbonyl (C=O) groups excluding carboxylic acids is 1. The van der Waals surface area contributed by atoms with Crippen LogP contribution in [-0.2, 0) is 16.2 Å². The number of rotatable bonds is 8. The van der Waals surface area contributed by atoms with E-state index < -0.39 is 43.9 Å². The van der Waals surface area contributed by atoms with E-state index in [1.54, 1.807) is 26.8 Å². The lowest BCUT2D eigenvalue weighted by Crippen LogP contribution is -2.56. The van der Waals surface area contributed by atoms with Gasteiger partial charge in [-0.05, 0) is 26.8 Å². The Hall–Kier alpha value is -2.73. The largest absolute Gasteiger partial charge is 0.497 e. The smallest absolute Gasteiger partial charge is 0.410 e. The van der Waals surface area contributed by atoms with Gasteiger partial charge in [0.05, 0.1) is 19.2 Å². The fraction of sp³-hybridized carbons (Fsp3) is 0.640. The van der Waals surface area contributed by atoms with E-state index in [9.17, 15) is 9.59 Å². The molecule has 2 aromatic rings. The first kappa shape index (κ1) is 28.8. The molecule has 0 saturated carbocycles. The van der Waals surface area contributed by atoms with Crippen LogP contribution in [0.1, 0.15) is 27.2 Å². The van der Waals surface area contributed by atoms with E-state index in [0.29, 0.717) is 12.4 Å². The summed E-state index contributed by atoms with van der Waals surface area (Å²) in [7, 11) is 0.123. The second-order valence-corrected chi connectivity index (χ2v) is 17.1. The van der Waals surface area contributed by atoms with Crippen LogP contribution in [-0.4, -0.2) is 73.1 Å². The molecular formula is C25H37F2N3O6Si. The van der Waals surface area contributed by atoms with Gasteiger partial charge in [0.1, 0.15) is 35.5 Å². The number of benzene rings is 1. The number of methoxy groups -OCH3 is 1. The molecule has 0 N–H and O–H groups in total. The minimum atomic E-state index is -3.38. The number of fused-ring (bicyclic) bond motifs is 1. The first-order valence-corrected chi connectivity index (χ1v) is 16.0. The fourth-order valence-corrected chi connectivity index (χ4v) is 4.52. The number of carbonyl (C=O) groups is 1. The van der Waals surface area contributed by atoms with Crippen molar-refractivity contribution in [2.75, 3.05) is 26.8 Å². The molecule has 0 radical (unpaired) electrons. The van der Waals surface area contributed by atoms with Crippen LogP contribution in [0.25, 0.3) is 10.9 Å². The van der Waals surface area contributed by atoms with Gasteiger partial charge in [0.2, 0.25) is 0 Å². The Morgan fingerprint density at radius 2 is 1.95 bits per heavy atom. The third kappa shape index (κ3) is 7.63. The molecule has 1 aromatic heterocycles. The normalized spacial score (nSPS) is 18.1. The maximum Gasteiger partial charge on any atom is 0.410 e. The summed E-state index contributed by atoms with van der Waals surface area (Å²) in [5, 5.41) is 0.0578. The SMILES string of the molecule is COc1cc(OC2CCN(C(=O)OC(C)(C)C)CC2(F)F)c2c(=O)n(COCC[Si](C)(C)C)cnc2c1. The topological polar surface area (TPSA) is 92.1 Å². The molecule has 1 fully saturated rings. The molecule has 3 rings (SSSR count). The van der Waals surface area contributed by atoms with Crippen molar-refractivity contribution in [3.63, 3.8) is 0 Å². The monoisotopic (exact) mass is 541 g/mol. The Balaban J connectivity index is 1.84. The lowest BCUT2D eigenvalue weighted by molar-refractivity contribution is -0.137. The van der Waals surface area contributed by atoms with Gasteiger partial charge in [-0.25, -0.2) is 18.6 Å². The van der Waals surface area contributed by atoms with Gasteiger partial charge in [-0.2, -0.15) is 0 Å². The Labute approximate surface area is 216 Å². The van der Waals surface area contributed by atoms with Crippen LogP contribution in [0, 0.1) is 0 Å². The van der Waals surface area contributed by atoms with Crippen molar-refractivity contribution >= 4 is 25.1 Å². The summed E-state index contributed by atoms with van der Waals surface area (Å²) in [5.74, 6) is -3.13. The predicted molar refractivity (Wildman–Crippen MR) is 138 cm³/mol. The summed E-state index contributed by atoms with van der Waals surface area (Å²) in [6.07, 6.45) is -1.17. The summed E-state index contributed by atoms with van der Waals surface area (Å²) in [5.41, 5.74) is -1.01. The lowest BCUT2D eigenvalue weighted by atomic mass is 10.0. The van der Waals surface area contributed by atoms with Gasteiger partial charge < -0.3 is 23.8 Å². The van der Waals surface area contributed by atoms with Gasteiger partial charge in [0.25, 0.3) is 5.56 Å². The Kier molecular flexibility index (Phi) is 8.53. The molecule has 1 unspecified atom stereocenters. The highest BCUT2D eigenvalue weighted by Crippen LogP contribution is 2.35. The molecule has 1 aromatic carbocycles. The van der Waals surface area contributed by atoms with Crippen LogP contribution in [0.5, 0.6) is 11.5 Å². The third-order valence-electron chi connectivity index (χ3n) is 5.78. The molecule has 2 heterocycles. The third-order valence-corrected chi connectivity index (χ3v) is 7.49. The van der Waals surface area contributed by atoms with E-state index in [1.165, 1.54) is 24.1 Å². The molecule has 1 amide bonds. The van der Waals surface area contributed by atoms with Crippen molar-refractivity contribution in [2.24, 2.45) is 0 Å². The minimum Gasteiger partial charge on any atom is -0.497 e. The lowest BCUT2D eigenvalue weighted by Gasteiger charge is -2.38. The van der Waals surface area contributed by atoms with Crippen molar-refractivity contribution in [1.82, 2.24) is 14.5 Å². The number of halogens is 2. The molecular weight excluding hydrogens is 504 g/mol. The second kappa shape index (κ2) is 10.9.